The summed E-state index contributed by atoms with van der Waals surface area (Å²) in [7, 11) is 1.81. The topological polar surface area (TPSA) is 67.7 Å². The summed E-state index contributed by atoms with van der Waals surface area (Å²) in [5, 5.41) is 4.36. The van der Waals surface area contributed by atoms with Crippen molar-refractivity contribution < 1.29 is 13.2 Å². The maximum absolute atomic E-state index is 13.4. The largest absolute Gasteiger partial charge is 0.495 e. The Labute approximate surface area is 155 Å². The Hall–Kier alpha value is -1.90. The van der Waals surface area contributed by atoms with Gasteiger partial charge in [-0.1, -0.05) is 6.07 Å². The molecule has 0 unspecified atom stereocenters. The molecule has 0 fully saturated rings. The monoisotopic (exact) mass is 378 g/mol. The molecule has 1 atom stereocenters. The fourth-order valence-electron chi connectivity index (χ4n) is 3.44. The minimum Gasteiger partial charge on any atom is -0.495 e. The number of hydrogen-bond acceptors (Lipinski definition) is 5. The van der Waals surface area contributed by atoms with Gasteiger partial charge in [0.2, 0.25) is 10.0 Å². The smallest absolute Gasteiger partial charge is 0.247 e. The van der Waals surface area contributed by atoms with Gasteiger partial charge in [0.25, 0.3) is 0 Å². The van der Waals surface area contributed by atoms with Crippen LogP contribution in [0.4, 0.5) is 0 Å². The molecule has 0 radical (unpaired) electrons. The lowest BCUT2D eigenvalue weighted by molar-refractivity contribution is 0.260. The van der Waals surface area contributed by atoms with Crippen LogP contribution in [0.15, 0.2) is 35.4 Å². The van der Waals surface area contributed by atoms with E-state index in [0.717, 1.165) is 17.8 Å². The molecule has 1 aliphatic heterocycles. The van der Waals surface area contributed by atoms with E-state index in [2.05, 4.69) is 10.00 Å². The van der Waals surface area contributed by atoms with Crippen molar-refractivity contribution in [3.05, 3.63) is 41.7 Å². The van der Waals surface area contributed by atoms with Crippen LogP contribution in [0, 0.1) is 12.8 Å². The van der Waals surface area contributed by atoms with Gasteiger partial charge in [-0.25, -0.2) is 8.42 Å². The number of hydrogen-bond donors (Lipinski definition) is 0. The molecule has 0 saturated carbocycles. The predicted molar refractivity (Wildman–Crippen MR) is 99.6 cm³/mol. The Morgan fingerprint density at radius 2 is 2.04 bits per heavy atom. The third-order valence-electron chi connectivity index (χ3n) is 4.60. The Bertz CT molecular complexity index is 876. The number of fused-ring (bicyclic) bond motifs is 1. The van der Waals surface area contributed by atoms with Crippen LogP contribution in [-0.4, -0.2) is 61.7 Å². The van der Waals surface area contributed by atoms with Gasteiger partial charge in [-0.05, 0) is 44.8 Å². The summed E-state index contributed by atoms with van der Waals surface area (Å²) in [6.07, 6.45) is 1.73. The second-order valence-electron chi connectivity index (χ2n) is 7.08. The summed E-state index contributed by atoms with van der Waals surface area (Å²) in [5.74, 6) is 0.532. The lowest BCUT2D eigenvalue weighted by Gasteiger charge is -2.26. The summed E-state index contributed by atoms with van der Waals surface area (Å²) in [4.78, 5) is 2.29. The van der Waals surface area contributed by atoms with Gasteiger partial charge in [-0.3, -0.25) is 4.68 Å². The van der Waals surface area contributed by atoms with Gasteiger partial charge in [-0.2, -0.15) is 9.40 Å². The summed E-state index contributed by atoms with van der Waals surface area (Å²) >= 11 is 0. The molecule has 142 valence electrons. The van der Waals surface area contributed by atoms with E-state index < -0.39 is 10.0 Å². The molecule has 0 aliphatic carbocycles. The van der Waals surface area contributed by atoms with Gasteiger partial charge in [-0.15, -0.1) is 0 Å². The molecular weight excluding hydrogens is 352 g/mol. The van der Waals surface area contributed by atoms with E-state index in [1.165, 1.54) is 7.11 Å². The minimum absolute atomic E-state index is 0.150. The Kier molecular flexibility index (Phi) is 5.36. The maximum Gasteiger partial charge on any atom is 0.247 e. The van der Waals surface area contributed by atoms with E-state index in [1.54, 1.807) is 28.7 Å². The molecule has 7 nitrogen and oxygen atoms in total. The first-order chi connectivity index (χ1) is 12.3. The fourth-order valence-corrected chi connectivity index (χ4v) is 5.06. The number of ether oxygens (including phenoxy) is 1. The molecule has 0 saturated heterocycles. The van der Waals surface area contributed by atoms with E-state index in [0.29, 0.717) is 25.4 Å². The maximum atomic E-state index is 13.4. The van der Waals surface area contributed by atoms with E-state index in [4.69, 9.17) is 4.74 Å². The lowest BCUT2D eigenvalue weighted by Crippen LogP contribution is -2.37. The van der Waals surface area contributed by atoms with Crippen molar-refractivity contribution in [2.75, 3.05) is 34.3 Å². The van der Waals surface area contributed by atoms with Crippen molar-refractivity contribution in [2.45, 2.75) is 24.9 Å². The highest BCUT2D eigenvalue weighted by atomic mass is 32.2. The standard InChI is InChI=1S/C18H26N4O3S/c1-14-5-6-18(17(9-14)25-4)26(23,24)21-11-15(10-20(2)3)12-22-16(13-21)7-8-19-22/h5-9,15H,10-13H2,1-4H3/t15-/m0/s1. The third kappa shape index (κ3) is 3.77. The van der Waals surface area contributed by atoms with Crippen molar-refractivity contribution in [2.24, 2.45) is 5.92 Å². The average Bonchev–Trinajstić information content (AvgIpc) is 2.92. The minimum atomic E-state index is -3.69. The van der Waals surface area contributed by atoms with Crippen LogP contribution < -0.4 is 4.74 Å². The zero-order valence-electron chi connectivity index (χ0n) is 15.7. The highest BCUT2D eigenvalue weighted by molar-refractivity contribution is 7.89. The molecule has 0 N–H and O–H groups in total. The number of benzene rings is 1. The first-order valence-electron chi connectivity index (χ1n) is 8.61. The Morgan fingerprint density at radius 3 is 2.73 bits per heavy atom. The van der Waals surface area contributed by atoms with Crippen molar-refractivity contribution >= 4 is 10.0 Å². The Balaban J connectivity index is 2.00. The lowest BCUT2D eigenvalue weighted by atomic mass is 10.1. The van der Waals surface area contributed by atoms with Gasteiger partial charge in [0.15, 0.2) is 0 Å². The van der Waals surface area contributed by atoms with Gasteiger partial charge in [0.05, 0.1) is 19.3 Å². The zero-order valence-corrected chi connectivity index (χ0v) is 16.5. The summed E-state index contributed by atoms with van der Waals surface area (Å²) in [6, 6.07) is 7.07. The Morgan fingerprint density at radius 1 is 1.27 bits per heavy atom. The van der Waals surface area contributed by atoms with Crippen LogP contribution in [0.2, 0.25) is 0 Å². The number of nitrogens with zero attached hydrogens (tertiary/aromatic N) is 4. The van der Waals surface area contributed by atoms with Gasteiger partial charge >= 0.3 is 0 Å². The second-order valence-corrected chi connectivity index (χ2v) is 8.99. The third-order valence-corrected chi connectivity index (χ3v) is 6.45. The van der Waals surface area contributed by atoms with Crippen LogP contribution in [-0.2, 0) is 23.1 Å². The highest BCUT2D eigenvalue weighted by Crippen LogP contribution is 2.30. The molecule has 0 spiro atoms. The molecule has 2 aromatic rings. The normalized spacial score (nSPS) is 18.6. The second kappa shape index (κ2) is 7.38. The number of aromatic nitrogens is 2. The molecule has 26 heavy (non-hydrogen) atoms. The fraction of sp³-hybridized carbons (Fsp3) is 0.500. The summed E-state index contributed by atoms with van der Waals surface area (Å²) in [5.41, 5.74) is 1.86. The number of sulfonamides is 1. The van der Waals surface area contributed by atoms with Gasteiger partial charge in [0.1, 0.15) is 10.6 Å². The zero-order chi connectivity index (χ0) is 18.9. The van der Waals surface area contributed by atoms with Crippen molar-refractivity contribution in [1.29, 1.82) is 0 Å². The number of rotatable bonds is 5. The average molecular weight is 378 g/mol. The predicted octanol–water partition coefficient (Wildman–Crippen LogP) is 1.58. The van der Waals surface area contributed by atoms with Crippen LogP contribution in [0.3, 0.4) is 0 Å². The van der Waals surface area contributed by atoms with Crippen LogP contribution >= 0.6 is 0 Å². The van der Waals surface area contributed by atoms with Crippen molar-refractivity contribution in [1.82, 2.24) is 19.0 Å². The number of aryl methyl sites for hydroxylation is 1. The van der Waals surface area contributed by atoms with Crippen molar-refractivity contribution in [3.8, 4) is 5.75 Å². The van der Waals surface area contributed by atoms with E-state index >= 15 is 0 Å². The van der Waals surface area contributed by atoms with Crippen LogP contribution in [0.1, 0.15) is 11.3 Å². The van der Waals surface area contributed by atoms with Gasteiger partial charge < -0.3 is 9.64 Å². The molecule has 0 amide bonds. The number of methoxy groups -OCH3 is 1. The molecule has 1 aliphatic rings. The molecule has 0 bridgehead atoms. The quantitative estimate of drug-likeness (QED) is 0.790. The van der Waals surface area contributed by atoms with E-state index in [9.17, 15) is 8.42 Å². The molecular formula is C18H26N4O3S. The molecule has 3 rings (SSSR count). The van der Waals surface area contributed by atoms with Gasteiger partial charge in [0, 0.05) is 31.7 Å². The van der Waals surface area contributed by atoms with E-state index in [1.807, 2.05) is 31.8 Å². The summed E-state index contributed by atoms with van der Waals surface area (Å²) < 4.78 is 35.6. The molecule has 1 aromatic heterocycles. The SMILES string of the molecule is COc1cc(C)ccc1S(=O)(=O)N1Cc2ccnn2C[C@@H](CN(C)C)C1. The van der Waals surface area contributed by atoms with Crippen LogP contribution in [0.25, 0.3) is 0 Å². The first-order valence-corrected chi connectivity index (χ1v) is 10.1. The first kappa shape index (κ1) is 18.9. The van der Waals surface area contributed by atoms with Crippen LogP contribution in [0.5, 0.6) is 5.75 Å². The molecule has 1 aromatic carbocycles. The van der Waals surface area contributed by atoms with Crippen molar-refractivity contribution in [3.63, 3.8) is 0 Å². The molecule has 8 heteroatoms. The molecule has 2 heterocycles. The highest BCUT2D eigenvalue weighted by Gasteiger charge is 2.33. The summed E-state index contributed by atoms with van der Waals surface area (Å²) in [6.45, 7) is 4.16. The van der Waals surface area contributed by atoms with E-state index in [-0.39, 0.29) is 10.8 Å².